The molecule has 1 fully saturated rings. The number of aryl methyl sites for hydroxylation is 1. The first kappa shape index (κ1) is 27.4. The Balaban J connectivity index is 1.35. The SMILES string of the molecule is Cc1nc(N)sc1OC(=O)N(C)c1ccc(C(Cc2ccccc2F)c2nc3c([nH]2)c(=O)[nH]c(=O)n3CC2CC2)cc1. The van der Waals surface area contributed by atoms with Crippen molar-refractivity contribution in [2.24, 2.45) is 5.92 Å². The van der Waals surface area contributed by atoms with Crippen LogP contribution in [0.2, 0.25) is 0 Å². The third-order valence-electron chi connectivity index (χ3n) is 7.41. The van der Waals surface area contributed by atoms with Crippen LogP contribution >= 0.6 is 11.3 Å². The van der Waals surface area contributed by atoms with E-state index in [-0.39, 0.29) is 23.4 Å². The number of nitrogens with two attached hydrogens (primary N) is 1. The number of hydrogen-bond donors (Lipinski definition) is 3. The molecule has 0 bridgehead atoms. The summed E-state index contributed by atoms with van der Waals surface area (Å²) in [4.78, 5) is 53.8. The highest BCUT2D eigenvalue weighted by Gasteiger charge is 2.27. The van der Waals surface area contributed by atoms with Crippen molar-refractivity contribution in [3.05, 3.63) is 97.8 Å². The number of nitrogens with zero attached hydrogens (tertiary/aromatic N) is 4. The topological polar surface area (TPSA) is 152 Å². The molecule has 1 saturated carbocycles. The number of amides is 1. The first-order valence-electron chi connectivity index (χ1n) is 13.4. The largest absolute Gasteiger partial charge is 0.420 e. The molecule has 0 aliphatic heterocycles. The number of nitrogen functional groups attached to an aromatic ring is 1. The van der Waals surface area contributed by atoms with E-state index in [0.717, 1.165) is 29.7 Å². The quantitative estimate of drug-likeness (QED) is 0.244. The number of H-pyrrole nitrogens is 2. The van der Waals surface area contributed by atoms with Gasteiger partial charge in [0.15, 0.2) is 10.8 Å². The van der Waals surface area contributed by atoms with Gasteiger partial charge in [-0.1, -0.05) is 41.7 Å². The lowest BCUT2D eigenvalue weighted by Gasteiger charge is -2.19. The Morgan fingerprint density at radius 2 is 1.90 bits per heavy atom. The van der Waals surface area contributed by atoms with Crippen LogP contribution in [-0.2, 0) is 13.0 Å². The average molecular weight is 590 g/mol. The number of thiazole rings is 1. The van der Waals surface area contributed by atoms with E-state index in [9.17, 15) is 18.8 Å². The second kappa shape index (κ2) is 10.9. The molecule has 13 heteroatoms. The van der Waals surface area contributed by atoms with Crippen molar-refractivity contribution in [1.29, 1.82) is 0 Å². The molecule has 1 aliphatic rings. The number of rotatable bonds is 8. The molecule has 1 amide bonds. The minimum atomic E-state index is -0.609. The van der Waals surface area contributed by atoms with Crippen LogP contribution in [0.1, 0.15) is 41.4 Å². The molecule has 3 heterocycles. The van der Waals surface area contributed by atoms with E-state index < -0.39 is 23.3 Å². The van der Waals surface area contributed by atoms with Gasteiger partial charge in [-0.2, -0.15) is 0 Å². The van der Waals surface area contributed by atoms with Gasteiger partial charge in [-0.05, 0) is 61.4 Å². The van der Waals surface area contributed by atoms with Crippen LogP contribution < -0.4 is 26.6 Å². The van der Waals surface area contributed by atoms with Gasteiger partial charge in [0.2, 0.25) is 5.06 Å². The molecule has 1 atom stereocenters. The number of halogens is 1. The summed E-state index contributed by atoms with van der Waals surface area (Å²) >= 11 is 1.08. The molecule has 6 rings (SSSR count). The number of carbonyl (C=O) groups is 1. The highest BCUT2D eigenvalue weighted by Crippen LogP contribution is 2.33. The van der Waals surface area contributed by atoms with Gasteiger partial charge in [-0.25, -0.2) is 23.9 Å². The Morgan fingerprint density at radius 3 is 2.57 bits per heavy atom. The van der Waals surface area contributed by atoms with E-state index in [0.29, 0.717) is 45.4 Å². The van der Waals surface area contributed by atoms with Crippen LogP contribution in [0.5, 0.6) is 5.06 Å². The molecule has 1 unspecified atom stereocenters. The molecule has 0 spiro atoms. The number of benzene rings is 2. The van der Waals surface area contributed by atoms with Crippen LogP contribution in [0, 0.1) is 18.7 Å². The molecular weight excluding hydrogens is 561 g/mol. The van der Waals surface area contributed by atoms with Gasteiger partial charge in [0.25, 0.3) is 5.56 Å². The van der Waals surface area contributed by atoms with Crippen LogP contribution in [0.15, 0.2) is 58.1 Å². The third-order valence-corrected chi connectivity index (χ3v) is 8.27. The average Bonchev–Trinajstić information content (AvgIpc) is 3.59. The van der Waals surface area contributed by atoms with Crippen LogP contribution in [-0.4, -0.2) is 37.6 Å². The van der Waals surface area contributed by atoms with Crippen molar-refractivity contribution in [3.8, 4) is 5.06 Å². The summed E-state index contributed by atoms with van der Waals surface area (Å²) in [6.07, 6.45) is 1.67. The number of imidazole rings is 1. The minimum Gasteiger partial charge on any atom is -0.397 e. The Labute approximate surface area is 242 Å². The molecule has 4 N–H and O–H groups in total. The van der Waals surface area contributed by atoms with Crippen molar-refractivity contribution in [1.82, 2.24) is 24.5 Å². The Hall–Kier alpha value is -4.78. The van der Waals surface area contributed by atoms with E-state index in [1.807, 2.05) is 12.1 Å². The summed E-state index contributed by atoms with van der Waals surface area (Å²) in [5.74, 6) is -0.0556. The number of carbonyl (C=O) groups excluding carboxylic acids is 1. The summed E-state index contributed by atoms with van der Waals surface area (Å²) in [6, 6.07) is 13.6. The van der Waals surface area contributed by atoms with Crippen LogP contribution in [0.4, 0.5) is 20.0 Å². The van der Waals surface area contributed by atoms with Gasteiger partial charge in [0, 0.05) is 25.2 Å². The third kappa shape index (κ3) is 5.42. The number of anilines is 2. The highest BCUT2D eigenvalue weighted by molar-refractivity contribution is 7.17. The molecule has 0 radical (unpaired) electrons. The number of ether oxygens (including phenoxy) is 1. The van der Waals surface area contributed by atoms with Gasteiger partial charge in [-0.15, -0.1) is 0 Å². The second-order valence-electron chi connectivity index (χ2n) is 10.4. The zero-order valence-electron chi connectivity index (χ0n) is 22.9. The predicted molar refractivity (Wildman–Crippen MR) is 158 cm³/mol. The fourth-order valence-corrected chi connectivity index (χ4v) is 5.57. The maximum absolute atomic E-state index is 14.8. The van der Waals surface area contributed by atoms with E-state index in [1.54, 1.807) is 44.3 Å². The van der Waals surface area contributed by atoms with Gasteiger partial charge in [-0.3, -0.25) is 19.2 Å². The number of aromatic nitrogens is 5. The van der Waals surface area contributed by atoms with Gasteiger partial charge in [0.05, 0.1) is 5.69 Å². The first-order chi connectivity index (χ1) is 20.2. The summed E-state index contributed by atoms with van der Waals surface area (Å²) in [5, 5.41) is 0.631. The smallest absolute Gasteiger partial charge is 0.397 e. The lowest BCUT2D eigenvalue weighted by atomic mass is 9.91. The zero-order chi connectivity index (χ0) is 29.5. The monoisotopic (exact) mass is 589 g/mol. The van der Waals surface area contributed by atoms with Crippen molar-refractivity contribution in [2.75, 3.05) is 17.7 Å². The number of fused-ring (bicyclic) bond motifs is 1. The van der Waals surface area contributed by atoms with Gasteiger partial charge < -0.3 is 15.5 Å². The fourth-order valence-electron chi connectivity index (χ4n) is 4.89. The molecule has 1 aliphatic carbocycles. The molecule has 2 aromatic carbocycles. The Kier molecular flexibility index (Phi) is 7.11. The lowest BCUT2D eigenvalue weighted by Crippen LogP contribution is -2.30. The maximum atomic E-state index is 14.8. The fraction of sp³-hybridized carbons (Fsp3) is 0.276. The molecule has 5 aromatic rings. The van der Waals surface area contributed by atoms with Crippen molar-refractivity contribution in [2.45, 2.75) is 38.6 Å². The number of nitrogens with one attached hydrogen (secondary N) is 2. The van der Waals surface area contributed by atoms with Crippen molar-refractivity contribution < 1.29 is 13.9 Å². The molecule has 216 valence electrons. The van der Waals surface area contributed by atoms with Crippen molar-refractivity contribution >= 4 is 39.4 Å². The lowest BCUT2D eigenvalue weighted by molar-refractivity contribution is 0.210. The summed E-state index contributed by atoms with van der Waals surface area (Å²) in [6.45, 7) is 2.18. The molecule has 3 aromatic heterocycles. The first-order valence-corrected chi connectivity index (χ1v) is 14.2. The predicted octanol–water partition coefficient (Wildman–Crippen LogP) is 4.32. The highest BCUT2D eigenvalue weighted by atomic mass is 32.1. The molecule has 11 nitrogen and oxygen atoms in total. The second-order valence-corrected chi connectivity index (χ2v) is 11.4. The van der Waals surface area contributed by atoms with Crippen LogP contribution in [0.25, 0.3) is 11.2 Å². The van der Waals surface area contributed by atoms with E-state index in [4.69, 9.17) is 15.5 Å². The summed E-state index contributed by atoms with van der Waals surface area (Å²) in [5.41, 5.74) is 7.44. The Bertz CT molecular complexity index is 1910. The normalized spacial score (nSPS) is 13.8. The molecule has 0 saturated heterocycles. The van der Waals surface area contributed by atoms with E-state index in [1.165, 1.54) is 15.5 Å². The molecule has 42 heavy (non-hydrogen) atoms. The maximum Gasteiger partial charge on any atom is 0.420 e. The Morgan fingerprint density at radius 1 is 1.17 bits per heavy atom. The number of hydrogen-bond acceptors (Lipinski definition) is 8. The molecular formula is C29H28FN7O4S. The summed E-state index contributed by atoms with van der Waals surface area (Å²) < 4.78 is 21.7. The van der Waals surface area contributed by atoms with Crippen molar-refractivity contribution in [3.63, 3.8) is 0 Å². The standard InChI is InChI=1S/C29H28FN7O4S/c1-15-26(42-27(31)32-15)41-29(40)36(2)19-11-9-17(10-12-19)20(13-18-5-3-4-6-21(18)30)23-33-22-24(34-23)37(14-16-7-8-16)28(39)35-25(22)38/h3-6,9-12,16,20H,7-8,13-14H2,1-2H3,(H2,31,32)(H,33,34)(H,35,38,39). The number of aromatic amines is 2. The van der Waals surface area contributed by atoms with E-state index >= 15 is 0 Å². The van der Waals surface area contributed by atoms with E-state index in [2.05, 4.69) is 15.0 Å². The van der Waals surface area contributed by atoms with Crippen LogP contribution in [0.3, 0.4) is 0 Å². The summed E-state index contributed by atoms with van der Waals surface area (Å²) in [7, 11) is 1.58. The minimum absolute atomic E-state index is 0.196. The van der Waals surface area contributed by atoms with Gasteiger partial charge >= 0.3 is 11.8 Å². The van der Waals surface area contributed by atoms with Gasteiger partial charge in [0.1, 0.15) is 17.2 Å². The zero-order valence-corrected chi connectivity index (χ0v) is 23.7.